The van der Waals surface area contributed by atoms with Crippen molar-refractivity contribution in [1.82, 2.24) is 4.90 Å². The van der Waals surface area contributed by atoms with Gasteiger partial charge in [-0.1, -0.05) is 51.5 Å². The fourth-order valence-corrected chi connectivity index (χ4v) is 2.59. The molecule has 2 aliphatic heterocycles. The molecule has 2 aliphatic rings. The van der Waals surface area contributed by atoms with Crippen LogP contribution in [0.15, 0.2) is 29.3 Å². The minimum Gasteiger partial charge on any atom is -0.374 e. The molecule has 5 nitrogen and oxygen atoms in total. The Bertz CT molecular complexity index is 598. The maximum Gasteiger partial charge on any atom is 0.233 e. The van der Waals surface area contributed by atoms with E-state index in [0.717, 1.165) is 37.6 Å². The molecule has 2 heterocycles. The number of nitrogens with zero attached hydrogens (tertiary/aromatic N) is 2. The van der Waals surface area contributed by atoms with Crippen LogP contribution in [0.3, 0.4) is 0 Å². The van der Waals surface area contributed by atoms with Crippen molar-refractivity contribution in [3.05, 3.63) is 41.0 Å². The van der Waals surface area contributed by atoms with E-state index in [1.165, 1.54) is 16.7 Å². The zero-order valence-electron chi connectivity index (χ0n) is 18.0. The fraction of sp³-hybridized carbons (Fsp3) is 0.545. The molecule has 0 unspecified atom stereocenters. The van der Waals surface area contributed by atoms with Gasteiger partial charge in [-0.25, -0.2) is 4.99 Å². The first kappa shape index (κ1) is 25.0. The van der Waals surface area contributed by atoms with Gasteiger partial charge < -0.3 is 14.4 Å². The minimum atomic E-state index is 0.500. The molecule has 5 heteroatoms. The highest BCUT2D eigenvalue weighted by Gasteiger charge is 2.18. The average molecular weight is 377 g/mol. The van der Waals surface area contributed by atoms with E-state index in [2.05, 4.69) is 42.1 Å². The van der Waals surface area contributed by atoms with Crippen LogP contribution in [0.4, 0.5) is 0 Å². The van der Waals surface area contributed by atoms with Crippen molar-refractivity contribution in [2.24, 2.45) is 4.99 Å². The normalized spacial score (nSPS) is 16.8. The third-order valence-electron chi connectivity index (χ3n) is 3.81. The van der Waals surface area contributed by atoms with Gasteiger partial charge in [-0.2, -0.15) is 0 Å². The zero-order chi connectivity index (χ0) is 20.7. The van der Waals surface area contributed by atoms with E-state index >= 15 is 0 Å². The molecule has 0 N–H and O–H groups in total. The summed E-state index contributed by atoms with van der Waals surface area (Å²) in [4.78, 5) is 16.4. The fourth-order valence-electron chi connectivity index (χ4n) is 2.59. The van der Waals surface area contributed by atoms with Gasteiger partial charge in [-0.15, -0.1) is 0 Å². The van der Waals surface area contributed by atoms with E-state index < -0.39 is 0 Å². The molecule has 1 aromatic carbocycles. The molecule has 0 bridgehead atoms. The van der Waals surface area contributed by atoms with Crippen LogP contribution in [0.25, 0.3) is 5.70 Å². The molecule has 1 saturated heterocycles. The van der Waals surface area contributed by atoms with Gasteiger partial charge in [0.2, 0.25) is 6.41 Å². The Kier molecular flexibility index (Phi) is 14.0. The highest BCUT2D eigenvalue weighted by atomic mass is 16.7. The molecule has 27 heavy (non-hydrogen) atoms. The number of carbonyl (C=O) groups is 1. The molecule has 3 rings (SSSR count). The summed E-state index contributed by atoms with van der Waals surface area (Å²) in [6.45, 7) is 15.0. The predicted molar refractivity (Wildman–Crippen MR) is 114 cm³/mol. The minimum absolute atomic E-state index is 0.500. The predicted octanol–water partition coefficient (Wildman–Crippen LogP) is 4.48. The number of ether oxygens (including phenoxy) is 2. The van der Waals surface area contributed by atoms with Crippen molar-refractivity contribution in [3.63, 3.8) is 0 Å². The molecule has 0 radical (unpaired) electrons. The molecule has 0 saturated carbocycles. The Morgan fingerprint density at radius 2 is 1.78 bits per heavy atom. The smallest absolute Gasteiger partial charge is 0.233 e. The molecule has 1 fully saturated rings. The van der Waals surface area contributed by atoms with E-state index in [0.29, 0.717) is 13.2 Å². The summed E-state index contributed by atoms with van der Waals surface area (Å²) >= 11 is 0. The second-order valence-electron chi connectivity index (χ2n) is 5.67. The molecular weight excluding hydrogens is 340 g/mol. The van der Waals surface area contributed by atoms with Crippen LogP contribution in [0.2, 0.25) is 0 Å². The SMILES string of the molecule is C1COCO1.CC.CC.CC(/C=C1/c2ccc(C)cc2CCN1C)=NC=O. The van der Waals surface area contributed by atoms with Crippen molar-refractivity contribution < 1.29 is 14.3 Å². The summed E-state index contributed by atoms with van der Waals surface area (Å²) in [6.07, 6.45) is 3.63. The van der Waals surface area contributed by atoms with Crippen LogP contribution in [-0.4, -0.2) is 50.6 Å². The summed E-state index contributed by atoms with van der Waals surface area (Å²) in [6, 6.07) is 6.51. The monoisotopic (exact) mass is 376 g/mol. The van der Waals surface area contributed by atoms with Gasteiger partial charge in [0, 0.05) is 30.6 Å². The van der Waals surface area contributed by atoms with Crippen LogP contribution in [0, 0.1) is 6.92 Å². The number of allylic oxidation sites excluding steroid dienone is 1. The summed E-state index contributed by atoms with van der Waals surface area (Å²) in [5, 5.41) is 0. The topological polar surface area (TPSA) is 51.1 Å². The largest absolute Gasteiger partial charge is 0.374 e. The molecule has 0 aliphatic carbocycles. The van der Waals surface area contributed by atoms with Crippen molar-refractivity contribution in [1.29, 1.82) is 0 Å². The van der Waals surface area contributed by atoms with E-state index in [9.17, 15) is 4.79 Å². The highest BCUT2D eigenvalue weighted by molar-refractivity contribution is 6.02. The molecule has 0 spiro atoms. The quantitative estimate of drug-likeness (QED) is 0.564. The van der Waals surface area contributed by atoms with Gasteiger partial charge in [-0.3, -0.25) is 4.79 Å². The van der Waals surface area contributed by atoms with Crippen LogP contribution in [0.5, 0.6) is 0 Å². The number of hydrogen-bond donors (Lipinski definition) is 0. The van der Waals surface area contributed by atoms with Gasteiger partial charge in [-0.05, 0) is 31.9 Å². The first-order valence-corrected chi connectivity index (χ1v) is 9.78. The van der Waals surface area contributed by atoms with Crippen molar-refractivity contribution >= 4 is 17.8 Å². The highest BCUT2D eigenvalue weighted by Crippen LogP contribution is 2.28. The maximum atomic E-state index is 10.4. The lowest BCUT2D eigenvalue weighted by Gasteiger charge is -2.30. The Hall–Kier alpha value is -1.98. The Balaban J connectivity index is 0.000000629. The first-order chi connectivity index (χ1) is 13.1. The standard InChI is InChI=1S/C15H18N2O.C3H6O2.2C2H6/c1-11-4-5-14-13(8-11)6-7-17(3)15(14)9-12(2)16-10-18;1-2-5-3-4-1;2*1-2/h4-5,8-10H,6-7H2,1-3H3;1-3H2;2*1-2H3/b15-9-,16-12?;;;. The first-order valence-electron chi connectivity index (χ1n) is 9.78. The molecular formula is C22H36N2O3. The third-order valence-corrected chi connectivity index (χ3v) is 3.81. The summed E-state index contributed by atoms with van der Waals surface area (Å²) < 4.78 is 9.44. The van der Waals surface area contributed by atoms with Crippen molar-refractivity contribution in [2.45, 2.75) is 48.0 Å². The number of fused-ring (bicyclic) bond motifs is 1. The van der Waals surface area contributed by atoms with Gasteiger partial charge >= 0.3 is 0 Å². The lowest BCUT2D eigenvalue weighted by molar-refractivity contribution is -0.106. The molecule has 1 aromatic rings. The molecule has 1 amide bonds. The number of aliphatic imine (C=N–C) groups is 1. The molecule has 152 valence electrons. The van der Waals surface area contributed by atoms with Gasteiger partial charge in [0.1, 0.15) is 6.79 Å². The van der Waals surface area contributed by atoms with Crippen molar-refractivity contribution in [2.75, 3.05) is 33.6 Å². The number of aryl methyl sites for hydroxylation is 1. The molecule has 0 aromatic heterocycles. The lowest BCUT2D eigenvalue weighted by Crippen LogP contribution is -2.26. The number of hydrogen-bond acceptors (Lipinski definition) is 4. The van der Waals surface area contributed by atoms with Gasteiger partial charge in [0.15, 0.2) is 0 Å². The number of amides is 1. The second-order valence-corrected chi connectivity index (χ2v) is 5.67. The second kappa shape index (κ2) is 15.1. The summed E-state index contributed by atoms with van der Waals surface area (Å²) in [5.74, 6) is 0. The zero-order valence-corrected chi connectivity index (χ0v) is 18.0. The van der Waals surface area contributed by atoms with E-state index in [4.69, 9.17) is 9.47 Å². The summed E-state index contributed by atoms with van der Waals surface area (Å²) in [7, 11) is 2.07. The van der Waals surface area contributed by atoms with E-state index in [1.807, 2.05) is 40.7 Å². The average Bonchev–Trinajstić information content (AvgIpc) is 3.28. The van der Waals surface area contributed by atoms with Crippen LogP contribution < -0.4 is 0 Å². The summed E-state index contributed by atoms with van der Waals surface area (Å²) in [5.41, 5.74) is 5.78. The Morgan fingerprint density at radius 1 is 1.15 bits per heavy atom. The molecule has 0 atom stereocenters. The third kappa shape index (κ3) is 8.98. The van der Waals surface area contributed by atoms with E-state index in [1.54, 1.807) is 0 Å². The van der Waals surface area contributed by atoms with Crippen LogP contribution in [0.1, 0.15) is 51.3 Å². The maximum absolute atomic E-state index is 10.4. The van der Waals surface area contributed by atoms with E-state index in [-0.39, 0.29) is 0 Å². The number of rotatable bonds is 2. The Morgan fingerprint density at radius 3 is 2.30 bits per heavy atom. The van der Waals surface area contributed by atoms with Gasteiger partial charge in [0.05, 0.1) is 13.2 Å². The van der Waals surface area contributed by atoms with Crippen LogP contribution in [-0.2, 0) is 20.7 Å². The number of likely N-dealkylation sites (N-methyl/N-ethyl adjacent to an activating group) is 1. The van der Waals surface area contributed by atoms with Crippen LogP contribution >= 0.6 is 0 Å². The Labute approximate surface area is 165 Å². The lowest BCUT2D eigenvalue weighted by atomic mass is 9.94. The number of benzene rings is 1. The van der Waals surface area contributed by atoms with Crippen molar-refractivity contribution in [3.8, 4) is 0 Å². The van der Waals surface area contributed by atoms with Gasteiger partial charge in [0.25, 0.3) is 0 Å². The number of carbonyl (C=O) groups excluding carboxylic acids is 1.